The van der Waals surface area contributed by atoms with Crippen LogP contribution in [0.25, 0.3) is 0 Å². The minimum absolute atomic E-state index is 0.286. The molecule has 0 saturated heterocycles. The molecule has 3 heteroatoms. The van der Waals surface area contributed by atoms with Gasteiger partial charge in [-0.3, -0.25) is 0 Å². The van der Waals surface area contributed by atoms with Crippen molar-refractivity contribution in [1.82, 2.24) is 0 Å². The zero-order valence-corrected chi connectivity index (χ0v) is 18.8. The number of phenolic OH excluding ortho intramolecular Hbond substituents is 1. The Labute approximate surface area is 186 Å². The summed E-state index contributed by atoms with van der Waals surface area (Å²) < 4.78 is 11.8. The van der Waals surface area contributed by atoms with E-state index in [9.17, 15) is 5.11 Å². The third-order valence-electron chi connectivity index (χ3n) is 5.83. The summed E-state index contributed by atoms with van der Waals surface area (Å²) in [5, 5.41) is 9.51. The zero-order chi connectivity index (χ0) is 22.1. The fourth-order valence-electron chi connectivity index (χ4n) is 3.94. The van der Waals surface area contributed by atoms with Crippen molar-refractivity contribution in [1.29, 1.82) is 0 Å². The van der Waals surface area contributed by atoms with Gasteiger partial charge in [0.1, 0.15) is 11.5 Å². The van der Waals surface area contributed by atoms with Crippen molar-refractivity contribution in [2.75, 3.05) is 6.61 Å². The second kappa shape index (κ2) is 11.6. The number of rotatable bonds is 11. The van der Waals surface area contributed by atoms with Gasteiger partial charge in [-0.25, -0.2) is 0 Å². The standard InChI is InChI=1S/C28H34O3/c1-4-24(20-21(2)25-10-14-27(29)15-11-25)26-12-16-28(17-13-26)31-22(3)30-19-18-23-8-6-5-7-9-23/h5-17,21-22,24,29H,4,18-20H2,1-3H3. The third kappa shape index (κ3) is 7.15. The van der Waals surface area contributed by atoms with E-state index in [1.807, 2.05) is 49.4 Å². The molecule has 3 aromatic rings. The lowest BCUT2D eigenvalue weighted by atomic mass is 9.84. The van der Waals surface area contributed by atoms with E-state index in [2.05, 4.69) is 38.1 Å². The van der Waals surface area contributed by atoms with E-state index in [1.54, 1.807) is 12.1 Å². The lowest BCUT2D eigenvalue weighted by molar-refractivity contribution is -0.0654. The molecule has 0 aliphatic heterocycles. The van der Waals surface area contributed by atoms with Crippen LogP contribution in [0.2, 0.25) is 0 Å². The molecule has 3 nitrogen and oxygen atoms in total. The molecule has 0 amide bonds. The summed E-state index contributed by atoms with van der Waals surface area (Å²) in [7, 11) is 0. The molecule has 0 fully saturated rings. The molecule has 1 N–H and O–H groups in total. The van der Waals surface area contributed by atoms with Crippen molar-refractivity contribution in [3.8, 4) is 11.5 Å². The first-order valence-electron chi connectivity index (χ1n) is 11.3. The second-order valence-corrected chi connectivity index (χ2v) is 8.19. The van der Waals surface area contributed by atoms with Gasteiger partial charge in [-0.15, -0.1) is 0 Å². The van der Waals surface area contributed by atoms with Crippen LogP contribution in [-0.2, 0) is 11.2 Å². The fraction of sp³-hybridized carbons (Fsp3) is 0.357. The first-order chi connectivity index (χ1) is 15.0. The molecule has 0 spiro atoms. The molecule has 3 atom stereocenters. The molecular weight excluding hydrogens is 384 g/mol. The highest BCUT2D eigenvalue weighted by molar-refractivity contribution is 5.31. The first kappa shape index (κ1) is 22.9. The maximum atomic E-state index is 9.51. The molecule has 0 radical (unpaired) electrons. The lowest BCUT2D eigenvalue weighted by Gasteiger charge is -2.21. The molecule has 0 heterocycles. The second-order valence-electron chi connectivity index (χ2n) is 8.19. The maximum absolute atomic E-state index is 9.51. The van der Waals surface area contributed by atoms with Crippen LogP contribution < -0.4 is 4.74 Å². The Morgan fingerprint density at radius 3 is 2.10 bits per heavy atom. The average molecular weight is 419 g/mol. The summed E-state index contributed by atoms with van der Waals surface area (Å²) in [5.74, 6) is 2.06. The molecule has 0 saturated carbocycles. The van der Waals surface area contributed by atoms with Crippen LogP contribution >= 0.6 is 0 Å². The molecule has 3 rings (SSSR count). The Morgan fingerprint density at radius 1 is 0.806 bits per heavy atom. The molecule has 31 heavy (non-hydrogen) atoms. The van der Waals surface area contributed by atoms with Crippen LogP contribution in [0.1, 0.15) is 62.1 Å². The number of benzene rings is 3. The highest BCUT2D eigenvalue weighted by Crippen LogP contribution is 2.33. The van der Waals surface area contributed by atoms with Gasteiger partial charge in [0, 0.05) is 0 Å². The molecule has 0 aromatic heterocycles. The Kier molecular flexibility index (Phi) is 8.54. The largest absolute Gasteiger partial charge is 0.508 e. The van der Waals surface area contributed by atoms with Gasteiger partial charge in [-0.2, -0.15) is 0 Å². The van der Waals surface area contributed by atoms with Crippen molar-refractivity contribution < 1.29 is 14.6 Å². The number of hydrogen-bond acceptors (Lipinski definition) is 3. The van der Waals surface area contributed by atoms with Crippen LogP contribution in [0.4, 0.5) is 0 Å². The van der Waals surface area contributed by atoms with Crippen LogP contribution in [0, 0.1) is 0 Å². The molecule has 3 aromatic carbocycles. The van der Waals surface area contributed by atoms with E-state index >= 15 is 0 Å². The van der Waals surface area contributed by atoms with E-state index in [4.69, 9.17) is 9.47 Å². The normalized spacial score (nSPS) is 14.0. The predicted molar refractivity (Wildman–Crippen MR) is 127 cm³/mol. The quantitative estimate of drug-likeness (QED) is 0.339. The zero-order valence-electron chi connectivity index (χ0n) is 18.8. The summed E-state index contributed by atoms with van der Waals surface area (Å²) in [6.07, 6.45) is 2.75. The van der Waals surface area contributed by atoms with Crippen molar-refractivity contribution in [2.45, 2.75) is 58.2 Å². The first-order valence-corrected chi connectivity index (χ1v) is 11.3. The Balaban J connectivity index is 1.49. The summed E-state index contributed by atoms with van der Waals surface area (Å²) >= 11 is 0. The van der Waals surface area contributed by atoms with E-state index in [0.717, 1.165) is 25.0 Å². The van der Waals surface area contributed by atoms with Gasteiger partial charge < -0.3 is 14.6 Å². The van der Waals surface area contributed by atoms with E-state index in [1.165, 1.54) is 16.7 Å². The van der Waals surface area contributed by atoms with Gasteiger partial charge in [-0.1, -0.05) is 68.4 Å². The summed E-state index contributed by atoms with van der Waals surface area (Å²) in [6.45, 7) is 7.06. The van der Waals surface area contributed by atoms with E-state index < -0.39 is 0 Å². The van der Waals surface area contributed by atoms with E-state index in [0.29, 0.717) is 24.2 Å². The van der Waals surface area contributed by atoms with Gasteiger partial charge in [-0.05, 0) is 79.0 Å². The Bertz CT molecular complexity index is 888. The summed E-state index contributed by atoms with van der Waals surface area (Å²) in [6, 6.07) is 26.3. The Hall–Kier alpha value is -2.78. The van der Waals surface area contributed by atoms with Crippen molar-refractivity contribution in [3.63, 3.8) is 0 Å². The van der Waals surface area contributed by atoms with Gasteiger partial charge >= 0.3 is 0 Å². The molecule has 0 bridgehead atoms. The molecular formula is C28H34O3. The molecule has 164 valence electrons. The van der Waals surface area contributed by atoms with Gasteiger partial charge in [0.15, 0.2) is 6.29 Å². The lowest BCUT2D eigenvalue weighted by Crippen LogP contribution is -2.17. The van der Waals surface area contributed by atoms with Crippen LogP contribution in [0.3, 0.4) is 0 Å². The van der Waals surface area contributed by atoms with Crippen molar-refractivity contribution >= 4 is 0 Å². The molecule has 0 aliphatic rings. The van der Waals surface area contributed by atoms with Crippen LogP contribution in [0.5, 0.6) is 11.5 Å². The van der Waals surface area contributed by atoms with Gasteiger partial charge in [0.25, 0.3) is 0 Å². The smallest absolute Gasteiger partial charge is 0.196 e. The number of ether oxygens (including phenoxy) is 2. The number of hydrogen-bond donors (Lipinski definition) is 1. The minimum Gasteiger partial charge on any atom is -0.508 e. The monoisotopic (exact) mass is 418 g/mol. The predicted octanol–water partition coefficient (Wildman–Crippen LogP) is 7.06. The van der Waals surface area contributed by atoms with Crippen LogP contribution in [-0.4, -0.2) is 18.0 Å². The van der Waals surface area contributed by atoms with Crippen LogP contribution in [0.15, 0.2) is 78.9 Å². The summed E-state index contributed by atoms with van der Waals surface area (Å²) in [5.41, 5.74) is 3.86. The van der Waals surface area contributed by atoms with E-state index in [-0.39, 0.29) is 6.29 Å². The minimum atomic E-state index is -0.286. The summed E-state index contributed by atoms with van der Waals surface area (Å²) in [4.78, 5) is 0. The SMILES string of the molecule is CCC(CC(C)c1ccc(O)cc1)c1ccc(OC(C)OCCc2ccccc2)cc1. The Morgan fingerprint density at radius 2 is 1.45 bits per heavy atom. The fourth-order valence-corrected chi connectivity index (χ4v) is 3.94. The highest BCUT2D eigenvalue weighted by atomic mass is 16.7. The third-order valence-corrected chi connectivity index (χ3v) is 5.83. The van der Waals surface area contributed by atoms with Gasteiger partial charge in [0.05, 0.1) is 6.61 Å². The van der Waals surface area contributed by atoms with Gasteiger partial charge in [0.2, 0.25) is 0 Å². The van der Waals surface area contributed by atoms with Crippen molar-refractivity contribution in [2.24, 2.45) is 0 Å². The number of phenols is 1. The number of aromatic hydroxyl groups is 1. The molecule has 0 aliphatic carbocycles. The maximum Gasteiger partial charge on any atom is 0.196 e. The topological polar surface area (TPSA) is 38.7 Å². The average Bonchev–Trinajstić information content (AvgIpc) is 2.79. The van der Waals surface area contributed by atoms with Crippen molar-refractivity contribution in [3.05, 3.63) is 95.6 Å². The highest BCUT2D eigenvalue weighted by Gasteiger charge is 2.16. The molecule has 3 unspecified atom stereocenters.